The van der Waals surface area contributed by atoms with Crippen molar-refractivity contribution in [2.45, 2.75) is 12.8 Å². The molecule has 1 rings (SSSR count). The van der Waals surface area contributed by atoms with E-state index in [1.807, 2.05) is 0 Å². The maximum Gasteiger partial charge on any atom is 0.347 e. The van der Waals surface area contributed by atoms with E-state index in [2.05, 4.69) is 10.3 Å². The lowest BCUT2D eigenvalue weighted by molar-refractivity contribution is 0.0367. The molecule has 1 heterocycles. The molecule has 2 N–H and O–H groups in total. The molecule has 0 radical (unpaired) electrons. The molecule has 0 saturated carbocycles. The Morgan fingerprint density at radius 2 is 2.43 bits per heavy atom. The van der Waals surface area contributed by atoms with Crippen LogP contribution in [-0.2, 0) is 0 Å². The van der Waals surface area contributed by atoms with Crippen LogP contribution in [0.2, 0.25) is 0 Å². The first-order valence-corrected chi connectivity index (χ1v) is 4.51. The summed E-state index contributed by atoms with van der Waals surface area (Å²) in [5.74, 6) is -3.95. The number of nitrogens with zero attached hydrogens (tertiary/aromatic N) is 1. The second-order valence-electron chi connectivity index (χ2n) is 2.76. The summed E-state index contributed by atoms with van der Waals surface area (Å²) in [5.41, 5.74) is 0. The summed E-state index contributed by atoms with van der Waals surface area (Å²) in [6.45, 7) is 0.214. The second kappa shape index (κ2) is 3.87. The molecule has 0 amide bonds. The van der Waals surface area contributed by atoms with E-state index < -0.39 is 18.4 Å². The number of carboxylic acid groups (broad SMARTS) is 1. The lowest BCUT2D eigenvalue weighted by Crippen LogP contribution is -2.22. The molecule has 78 valence electrons. The Kier molecular flexibility index (Phi) is 3.00. The predicted molar refractivity (Wildman–Crippen MR) is 48.2 cm³/mol. The number of aromatic carboxylic acids is 1. The van der Waals surface area contributed by atoms with Gasteiger partial charge in [-0.3, -0.25) is 0 Å². The summed E-state index contributed by atoms with van der Waals surface area (Å²) in [6, 6.07) is 0. The van der Waals surface area contributed by atoms with Gasteiger partial charge < -0.3 is 10.4 Å². The summed E-state index contributed by atoms with van der Waals surface area (Å²) < 4.78 is 24.7. The van der Waals surface area contributed by atoms with Crippen LogP contribution in [0, 0.1) is 0 Å². The van der Waals surface area contributed by atoms with Crippen LogP contribution in [0.1, 0.15) is 16.6 Å². The van der Waals surface area contributed by atoms with Crippen molar-refractivity contribution in [2.75, 3.05) is 11.9 Å². The maximum absolute atomic E-state index is 12.4. The third kappa shape index (κ3) is 3.25. The van der Waals surface area contributed by atoms with Crippen molar-refractivity contribution in [1.29, 1.82) is 0 Å². The Hall–Kier alpha value is -1.24. The van der Waals surface area contributed by atoms with Crippen molar-refractivity contribution in [3.8, 4) is 0 Å². The quantitative estimate of drug-likeness (QED) is 0.816. The monoisotopic (exact) mass is 222 g/mol. The third-order valence-corrected chi connectivity index (χ3v) is 2.21. The van der Waals surface area contributed by atoms with Crippen molar-refractivity contribution < 1.29 is 18.7 Å². The maximum atomic E-state index is 12.4. The topological polar surface area (TPSA) is 62.2 Å². The third-order valence-electron chi connectivity index (χ3n) is 1.27. The summed E-state index contributed by atoms with van der Waals surface area (Å²) in [7, 11) is 0. The van der Waals surface area contributed by atoms with Gasteiger partial charge in [-0.25, -0.2) is 18.6 Å². The van der Waals surface area contributed by atoms with Crippen LogP contribution in [0.3, 0.4) is 0 Å². The van der Waals surface area contributed by atoms with Crippen LogP contribution in [0.4, 0.5) is 13.9 Å². The van der Waals surface area contributed by atoms with Crippen LogP contribution in [0.25, 0.3) is 0 Å². The number of hydrogen-bond donors (Lipinski definition) is 2. The minimum absolute atomic E-state index is 0.0203. The van der Waals surface area contributed by atoms with Crippen LogP contribution in [-0.4, -0.2) is 28.5 Å². The molecular formula is C7H8F2N2O2S. The molecule has 0 aliphatic heterocycles. The molecule has 0 aliphatic carbocycles. The van der Waals surface area contributed by atoms with E-state index in [1.165, 1.54) is 0 Å². The van der Waals surface area contributed by atoms with Gasteiger partial charge in [0.05, 0.1) is 12.7 Å². The van der Waals surface area contributed by atoms with Crippen molar-refractivity contribution >= 4 is 22.4 Å². The highest BCUT2D eigenvalue weighted by Gasteiger charge is 2.21. The number of carbonyl (C=O) groups is 1. The highest BCUT2D eigenvalue weighted by molar-refractivity contribution is 7.17. The highest BCUT2D eigenvalue weighted by atomic mass is 32.1. The summed E-state index contributed by atoms with van der Waals surface area (Å²) in [4.78, 5) is 14.1. The first kappa shape index (κ1) is 10.8. The standard InChI is InChI=1S/C7H8F2N2O2S/c1-7(8,9)3-11-6-10-2-4(14-6)5(12)13/h2H,3H2,1H3,(H,10,11)(H,12,13). The lowest BCUT2D eigenvalue weighted by Gasteiger charge is -2.09. The second-order valence-corrected chi connectivity index (χ2v) is 3.79. The van der Waals surface area contributed by atoms with E-state index in [0.717, 1.165) is 24.5 Å². The number of rotatable bonds is 4. The zero-order valence-corrected chi connectivity index (χ0v) is 8.07. The number of hydrogen-bond acceptors (Lipinski definition) is 4. The summed E-state index contributed by atoms with van der Waals surface area (Å²) in [5, 5.41) is 11.1. The van der Waals surface area contributed by atoms with E-state index in [4.69, 9.17) is 5.11 Å². The van der Waals surface area contributed by atoms with E-state index >= 15 is 0 Å². The fourth-order valence-electron chi connectivity index (χ4n) is 0.686. The van der Waals surface area contributed by atoms with Gasteiger partial charge in [0.1, 0.15) is 4.88 Å². The number of carboxylic acids is 1. The minimum atomic E-state index is -2.84. The Bertz CT molecular complexity index is 335. The molecule has 14 heavy (non-hydrogen) atoms. The van der Waals surface area contributed by atoms with Gasteiger partial charge in [-0.05, 0) is 0 Å². The first-order valence-electron chi connectivity index (χ1n) is 3.69. The molecule has 0 fully saturated rings. The van der Waals surface area contributed by atoms with E-state index in [9.17, 15) is 13.6 Å². The Balaban J connectivity index is 2.56. The number of nitrogens with one attached hydrogen (secondary N) is 1. The molecule has 0 bridgehead atoms. The minimum Gasteiger partial charge on any atom is -0.477 e. The summed E-state index contributed by atoms with van der Waals surface area (Å²) in [6.07, 6.45) is 1.13. The molecule has 0 aromatic carbocycles. The largest absolute Gasteiger partial charge is 0.477 e. The molecule has 0 atom stereocenters. The lowest BCUT2D eigenvalue weighted by atomic mass is 10.4. The average molecular weight is 222 g/mol. The van der Waals surface area contributed by atoms with Gasteiger partial charge in [0, 0.05) is 6.92 Å². The van der Waals surface area contributed by atoms with Crippen LogP contribution in [0.15, 0.2) is 6.20 Å². The molecule has 1 aromatic heterocycles. The Morgan fingerprint density at radius 3 is 2.86 bits per heavy atom. The fraction of sp³-hybridized carbons (Fsp3) is 0.429. The molecule has 0 spiro atoms. The number of halogens is 2. The van der Waals surface area contributed by atoms with Gasteiger partial charge >= 0.3 is 5.97 Å². The smallest absolute Gasteiger partial charge is 0.347 e. The van der Waals surface area contributed by atoms with Crippen molar-refractivity contribution in [2.24, 2.45) is 0 Å². The van der Waals surface area contributed by atoms with Gasteiger partial charge in [-0.1, -0.05) is 11.3 Å². The van der Waals surface area contributed by atoms with E-state index in [1.54, 1.807) is 0 Å². The van der Waals surface area contributed by atoms with Crippen molar-refractivity contribution in [3.63, 3.8) is 0 Å². The van der Waals surface area contributed by atoms with Crippen LogP contribution >= 0.6 is 11.3 Å². The normalized spacial score (nSPS) is 11.4. The predicted octanol–water partition coefficient (Wildman–Crippen LogP) is 1.91. The number of thiazole rings is 1. The fourth-order valence-corrected chi connectivity index (χ4v) is 1.34. The Labute approximate surface area is 82.6 Å². The van der Waals surface area contributed by atoms with E-state index in [0.29, 0.717) is 0 Å². The molecule has 4 nitrogen and oxygen atoms in total. The highest BCUT2D eigenvalue weighted by Crippen LogP contribution is 2.19. The SMILES string of the molecule is CC(F)(F)CNc1ncc(C(=O)O)s1. The van der Waals surface area contributed by atoms with Gasteiger partial charge in [0.25, 0.3) is 5.92 Å². The zero-order valence-electron chi connectivity index (χ0n) is 7.25. The van der Waals surface area contributed by atoms with Gasteiger partial charge in [-0.2, -0.15) is 0 Å². The van der Waals surface area contributed by atoms with Crippen LogP contribution in [0.5, 0.6) is 0 Å². The zero-order chi connectivity index (χ0) is 10.8. The number of anilines is 1. The molecular weight excluding hydrogens is 214 g/mol. The molecule has 0 aliphatic rings. The average Bonchev–Trinajstić information content (AvgIpc) is 2.47. The molecule has 1 aromatic rings. The first-order chi connectivity index (χ1) is 6.38. The molecule has 0 unspecified atom stereocenters. The van der Waals surface area contributed by atoms with Crippen molar-refractivity contribution in [3.05, 3.63) is 11.1 Å². The number of alkyl halides is 2. The van der Waals surface area contributed by atoms with Gasteiger partial charge in [0.2, 0.25) is 0 Å². The molecule has 7 heteroatoms. The number of aromatic nitrogens is 1. The summed E-state index contributed by atoms with van der Waals surface area (Å²) >= 11 is 0.827. The van der Waals surface area contributed by atoms with E-state index in [-0.39, 0.29) is 10.0 Å². The van der Waals surface area contributed by atoms with Crippen LogP contribution < -0.4 is 5.32 Å². The van der Waals surface area contributed by atoms with Gasteiger partial charge in [-0.15, -0.1) is 0 Å². The van der Waals surface area contributed by atoms with Crippen molar-refractivity contribution in [1.82, 2.24) is 4.98 Å². The Morgan fingerprint density at radius 1 is 1.79 bits per heavy atom. The molecule has 0 saturated heterocycles. The van der Waals surface area contributed by atoms with Gasteiger partial charge in [0.15, 0.2) is 5.13 Å².